The number of amides is 3. The maximum absolute atomic E-state index is 11.7. The molecule has 0 aromatic carbocycles. The number of carboxylic acids is 1. The van der Waals surface area contributed by atoms with E-state index in [4.69, 9.17) is 0 Å². The molecule has 114 valence electrons. The summed E-state index contributed by atoms with van der Waals surface area (Å²) in [5, 5.41) is 16.8. The third kappa shape index (κ3) is 4.71. The summed E-state index contributed by atoms with van der Waals surface area (Å²) in [6, 6.07) is -0.610. The van der Waals surface area contributed by atoms with E-state index in [1.54, 1.807) is 0 Å². The molecular formula is C13H23N3O4. The molecule has 0 bridgehead atoms. The molecule has 0 heterocycles. The average Bonchev–Trinajstić information content (AvgIpc) is 2.43. The largest absolute Gasteiger partial charge is 0.480 e. The Kier molecular flexibility index (Phi) is 6.27. The molecule has 0 spiro atoms. The standard InChI is InChI=1S/C13H23N3O4/c1-2-8-14-10(17)9-15-12(20)16-13(11(18)19)6-4-3-5-7-13/h2-9H2,1H3,(H,14,17)(H,18,19)(H2,15,16,20). The molecule has 1 fully saturated rings. The molecule has 4 N–H and O–H groups in total. The fraction of sp³-hybridized carbons (Fsp3) is 0.769. The van der Waals surface area contributed by atoms with Crippen molar-refractivity contribution in [3.63, 3.8) is 0 Å². The second-order valence-corrected chi connectivity index (χ2v) is 5.11. The van der Waals surface area contributed by atoms with Crippen LogP contribution in [0.25, 0.3) is 0 Å². The first-order chi connectivity index (χ1) is 9.50. The minimum absolute atomic E-state index is 0.151. The third-order valence-corrected chi connectivity index (χ3v) is 3.45. The SMILES string of the molecule is CCCNC(=O)CNC(=O)NC1(C(=O)O)CCCCC1. The maximum Gasteiger partial charge on any atom is 0.329 e. The Morgan fingerprint density at radius 2 is 1.75 bits per heavy atom. The van der Waals surface area contributed by atoms with Gasteiger partial charge in [-0.15, -0.1) is 0 Å². The lowest BCUT2D eigenvalue weighted by Gasteiger charge is -2.33. The van der Waals surface area contributed by atoms with E-state index in [1.165, 1.54) is 0 Å². The maximum atomic E-state index is 11.7. The molecular weight excluding hydrogens is 262 g/mol. The molecule has 0 radical (unpaired) electrons. The van der Waals surface area contributed by atoms with Crippen molar-refractivity contribution in [3.05, 3.63) is 0 Å². The predicted octanol–water partition coefficient (Wildman–Crippen LogP) is 0.599. The van der Waals surface area contributed by atoms with Gasteiger partial charge in [-0.25, -0.2) is 9.59 Å². The van der Waals surface area contributed by atoms with Crippen LogP contribution in [0, 0.1) is 0 Å². The lowest BCUT2D eigenvalue weighted by atomic mass is 9.82. The zero-order chi connectivity index (χ0) is 15.0. The Morgan fingerprint density at radius 1 is 1.10 bits per heavy atom. The van der Waals surface area contributed by atoms with Crippen molar-refractivity contribution < 1.29 is 19.5 Å². The minimum atomic E-state index is -1.19. The van der Waals surface area contributed by atoms with Gasteiger partial charge in [0.05, 0.1) is 6.54 Å². The summed E-state index contributed by atoms with van der Waals surface area (Å²) in [4.78, 5) is 34.4. The molecule has 0 saturated heterocycles. The Hall–Kier alpha value is -1.79. The fourth-order valence-corrected chi connectivity index (χ4v) is 2.30. The van der Waals surface area contributed by atoms with E-state index in [2.05, 4.69) is 16.0 Å². The van der Waals surface area contributed by atoms with Gasteiger partial charge in [-0.2, -0.15) is 0 Å². The topological polar surface area (TPSA) is 108 Å². The highest BCUT2D eigenvalue weighted by Crippen LogP contribution is 2.28. The number of rotatable bonds is 6. The van der Waals surface area contributed by atoms with Gasteiger partial charge in [0.2, 0.25) is 5.91 Å². The summed E-state index contributed by atoms with van der Waals surface area (Å²) in [6.45, 7) is 2.34. The number of nitrogens with one attached hydrogen (secondary N) is 3. The zero-order valence-corrected chi connectivity index (χ0v) is 11.8. The van der Waals surface area contributed by atoms with Crippen molar-refractivity contribution in [2.45, 2.75) is 51.0 Å². The molecule has 1 aliphatic rings. The van der Waals surface area contributed by atoms with E-state index in [1.807, 2.05) is 6.92 Å². The Balaban J connectivity index is 2.43. The fourth-order valence-electron chi connectivity index (χ4n) is 2.30. The minimum Gasteiger partial charge on any atom is -0.480 e. The van der Waals surface area contributed by atoms with Crippen LogP contribution >= 0.6 is 0 Å². The smallest absolute Gasteiger partial charge is 0.329 e. The second-order valence-electron chi connectivity index (χ2n) is 5.11. The van der Waals surface area contributed by atoms with Gasteiger partial charge >= 0.3 is 12.0 Å². The molecule has 0 unspecified atom stereocenters. The first-order valence-electron chi connectivity index (χ1n) is 7.06. The van der Waals surface area contributed by atoms with Crippen molar-refractivity contribution in [3.8, 4) is 0 Å². The van der Waals surface area contributed by atoms with Gasteiger partial charge in [0.15, 0.2) is 0 Å². The summed E-state index contributed by atoms with van der Waals surface area (Å²) in [6.07, 6.45) is 4.22. The highest BCUT2D eigenvalue weighted by molar-refractivity contribution is 5.88. The number of urea groups is 1. The van der Waals surface area contributed by atoms with E-state index < -0.39 is 17.5 Å². The van der Waals surface area contributed by atoms with Gasteiger partial charge in [0.1, 0.15) is 5.54 Å². The van der Waals surface area contributed by atoms with Gasteiger partial charge < -0.3 is 21.1 Å². The predicted molar refractivity (Wildman–Crippen MR) is 73.3 cm³/mol. The Labute approximate surface area is 118 Å². The van der Waals surface area contributed by atoms with Crippen LogP contribution in [0.1, 0.15) is 45.4 Å². The van der Waals surface area contributed by atoms with E-state index in [0.717, 1.165) is 25.7 Å². The van der Waals surface area contributed by atoms with Crippen LogP contribution in [0.15, 0.2) is 0 Å². The van der Waals surface area contributed by atoms with Crippen LogP contribution < -0.4 is 16.0 Å². The lowest BCUT2D eigenvalue weighted by Crippen LogP contribution is -2.58. The molecule has 3 amide bonds. The van der Waals surface area contributed by atoms with Crippen molar-refractivity contribution in [2.24, 2.45) is 0 Å². The number of carbonyl (C=O) groups is 3. The second kappa shape index (κ2) is 7.72. The molecule has 7 heteroatoms. The highest BCUT2D eigenvalue weighted by atomic mass is 16.4. The third-order valence-electron chi connectivity index (χ3n) is 3.45. The number of carbonyl (C=O) groups excluding carboxylic acids is 2. The van der Waals surface area contributed by atoms with E-state index >= 15 is 0 Å². The van der Waals surface area contributed by atoms with Crippen LogP contribution in [0.5, 0.6) is 0 Å². The number of hydrogen-bond acceptors (Lipinski definition) is 3. The monoisotopic (exact) mass is 285 g/mol. The first-order valence-corrected chi connectivity index (χ1v) is 7.06. The van der Waals surface area contributed by atoms with Crippen molar-refractivity contribution >= 4 is 17.9 Å². The molecule has 0 aliphatic heterocycles. The molecule has 1 saturated carbocycles. The average molecular weight is 285 g/mol. The van der Waals surface area contributed by atoms with Gasteiger partial charge in [-0.1, -0.05) is 26.2 Å². The number of carboxylic acid groups (broad SMARTS) is 1. The zero-order valence-electron chi connectivity index (χ0n) is 11.8. The summed E-state index contributed by atoms with van der Waals surface area (Å²) in [5.74, 6) is -1.29. The van der Waals surface area contributed by atoms with E-state index in [-0.39, 0.29) is 12.5 Å². The first kappa shape index (κ1) is 16.3. The Bertz CT molecular complexity index is 365. The van der Waals surface area contributed by atoms with E-state index in [0.29, 0.717) is 19.4 Å². The molecule has 1 rings (SSSR count). The highest BCUT2D eigenvalue weighted by Gasteiger charge is 2.40. The molecule has 0 aromatic rings. The normalized spacial score (nSPS) is 17.1. The van der Waals surface area contributed by atoms with E-state index in [9.17, 15) is 19.5 Å². The Morgan fingerprint density at radius 3 is 2.30 bits per heavy atom. The van der Waals surface area contributed by atoms with Gasteiger partial charge in [0.25, 0.3) is 0 Å². The summed E-state index contributed by atoms with van der Waals surface area (Å²) in [7, 11) is 0. The molecule has 1 aliphatic carbocycles. The van der Waals surface area contributed by atoms with Crippen molar-refractivity contribution in [1.29, 1.82) is 0 Å². The molecule has 0 aromatic heterocycles. The summed E-state index contributed by atoms with van der Waals surface area (Å²) in [5.41, 5.74) is -1.19. The summed E-state index contributed by atoms with van der Waals surface area (Å²) >= 11 is 0. The van der Waals surface area contributed by atoms with Gasteiger partial charge in [-0.3, -0.25) is 4.79 Å². The van der Waals surface area contributed by atoms with Crippen LogP contribution in [0.3, 0.4) is 0 Å². The van der Waals surface area contributed by atoms with Gasteiger partial charge in [-0.05, 0) is 19.3 Å². The van der Waals surface area contributed by atoms with Gasteiger partial charge in [0, 0.05) is 6.54 Å². The van der Waals surface area contributed by atoms with Crippen LogP contribution in [0.4, 0.5) is 4.79 Å². The van der Waals surface area contributed by atoms with Crippen LogP contribution in [-0.2, 0) is 9.59 Å². The van der Waals surface area contributed by atoms with Crippen LogP contribution in [-0.4, -0.2) is 41.6 Å². The van der Waals surface area contributed by atoms with Crippen molar-refractivity contribution in [2.75, 3.05) is 13.1 Å². The number of aliphatic carboxylic acids is 1. The molecule has 7 nitrogen and oxygen atoms in total. The molecule has 0 atom stereocenters. The quantitative estimate of drug-likeness (QED) is 0.573. The number of hydrogen-bond donors (Lipinski definition) is 4. The summed E-state index contributed by atoms with van der Waals surface area (Å²) < 4.78 is 0. The molecule has 20 heavy (non-hydrogen) atoms. The lowest BCUT2D eigenvalue weighted by molar-refractivity contribution is -0.145. The van der Waals surface area contributed by atoms with Crippen LogP contribution in [0.2, 0.25) is 0 Å². The van der Waals surface area contributed by atoms with Crippen molar-refractivity contribution in [1.82, 2.24) is 16.0 Å².